The molecule has 0 bridgehead atoms. The molecular weight excluding hydrogens is 354 g/mol. The van der Waals surface area contributed by atoms with E-state index in [4.69, 9.17) is 4.42 Å². The molecule has 28 heavy (non-hydrogen) atoms. The van der Waals surface area contributed by atoms with Gasteiger partial charge in [-0.15, -0.1) is 0 Å². The minimum Gasteiger partial charge on any atom is -0.446 e. The maximum atomic E-state index is 12.9. The van der Waals surface area contributed by atoms with Crippen molar-refractivity contribution in [2.24, 2.45) is 0 Å². The van der Waals surface area contributed by atoms with Gasteiger partial charge in [-0.25, -0.2) is 4.98 Å². The molecular formula is C22H31N3O3. The van der Waals surface area contributed by atoms with Crippen LogP contribution in [0.1, 0.15) is 78.8 Å². The van der Waals surface area contributed by atoms with Crippen molar-refractivity contribution in [3.63, 3.8) is 0 Å². The minimum atomic E-state index is -0.257. The van der Waals surface area contributed by atoms with Gasteiger partial charge in [0.1, 0.15) is 6.26 Å². The number of unbranched alkanes of at least 4 members (excludes halogenated alkanes) is 1. The predicted octanol–water partition coefficient (Wildman–Crippen LogP) is 4.21. The van der Waals surface area contributed by atoms with Crippen LogP contribution in [-0.4, -0.2) is 34.8 Å². The molecule has 1 aromatic heterocycles. The molecule has 0 atom stereocenters. The summed E-state index contributed by atoms with van der Waals surface area (Å²) in [6, 6.07) is 7.81. The van der Waals surface area contributed by atoms with Crippen LogP contribution < -0.4 is 5.32 Å². The Hall–Kier alpha value is -2.63. The summed E-state index contributed by atoms with van der Waals surface area (Å²) >= 11 is 0. The third-order valence-electron chi connectivity index (χ3n) is 4.45. The van der Waals surface area contributed by atoms with Gasteiger partial charge in [-0.1, -0.05) is 39.3 Å². The van der Waals surface area contributed by atoms with Crippen molar-refractivity contribution in [1.29, 1.82) is 0 Å². The summed E-state index contributed by atoms with van der Waals surface area (Å²) in [5, 5.41) is 2.77. The number of carbonyl (C=O) groups excluding carboxylic acids is 2. The summed E-state index contributed by atoms with van der Waals surface area (Å²) in [5.41, 5.74) is 2.14. The van der Waals surface area contributed by atoms with E-state index in [1.807, 2.05) is 38.1 Å². The summed E-state index contributed by atoms with van der Waals surface area (Å²) in [6.45, 7) is 7.60. The largest absolute Gasteiger partial charge is 0.446 e. The third-order valence-corrected chi connectivity index (χ3v) is 4.45. The number of hydrogen-bond acceptors (Lipinski definition) is 4. The first kappa shape index (κ1) is 21.7. The van der Waals surface area contributed by atoms with Crippen LogP contribution in [0, 0.1) is 0 Å². The Labute approximate surface area is 167 Å². The minimum absolute atomic E-state index is 0.0564. The first-order chi connectivity index (χ1) is 13.6. The van der Waals surface area contributed by atoms with Gasteiger partial charge in [-0.3, -0.25) is 9.59 Å². The second-order valence-corrected chi connectivity index (χ2v) is 6.91. The van der Waals surface area contributed by atoms with Gasteiger partial charge in [-0.05, 0) is 43.4 Å². The number of benzene rings is 1. The number of aryl methyl sites for hydroxylation is 1. The van der Waals surface area contributed by atoms with Crippen molar-refractivity contribution < 1.29 is 14.0 Å². The number of nitrogens with one attached hydrogen (secondary N) is 1. The summed E-state index contributed by atoms with van der Waals surface area (Å²) in [4.78, 5) is 30.8. The van der Waals surface area contributed by atoms with Gasteiger partial charge in [0.2, 0.25) is 5.89 Å². The molecule has 0 unspecified atom stereocenters. The average molecular weight is 386 g/mol. The van der Waals surface area contributed by atoms with Crippen LogP contribution in [-0.2, 0) is 13.0 Å². The molecule has 2 aromatic rings. The van der Waals surface area contributed by atoms with E-state index in [1.54, 1.807) is 4.90 Å². The van der Waals surface area contributed by atoms with E-state index >= 15 is 0 Å². The molecule has 0 aliphatic heterocycles. The molecule has 6 heteroatoms. The molecule has 1 N–H and O–H groups in total. The quantitative estimate of drug-likeness (QED) is 0.629. The van der Waals surface area contributed by atoms with Gasteiger partial charge in [0.15, 0.2) is 5.69 Å². The van der Waals surface area contributed by atoms with E-state index in [0.29, 0.717) is 24.5 Å². The van der Waals surface area contributed by atoms with Gasteiger partial charge in [0.05, 0.1) is 6.54 Å². The highest BCUT2D eigenvalue weighted by Crippen LogP contribution is 2.13. The molecule has 2 rings (SSSR count). The highest BCUT2D eigenvalue weighted by molar-refractivity contribution is 5.94. The smallest absolute Gasteiger partial charge is 0.273 e. The van der Waals surface area contributed by atoms with Crippen molar-refractivity contribution in [1.82, 2.24) is 15.2 Å². The molecule has 6 nitrogen and oxygen atoms in total. The van der Waals surface area contributed by atoms with Crippen molar-refractivity contribution in [2.45, 2.75) is 59.4 Å². The predicted molar refractivity (Wildman–Crippen MR) is 109 cm³/mol. The van der Waals surface area contributed by atoms with E-state index in [-0.39, 0.29) is 24.1 Å². The molecule has 0 fully saturated rings. The normalized spacial score (nSPS) is 10.7. The van der Waals surface area contributed by atoms with Gasteiger partial charge in [0.25, 0.3) is 11.8 Å². The molecule has 152 valence electrons. The standard InChI is InChI=1S/C22H31N3O3/c1-4-7-8-17-9-11-18(12-10-17)22(27)25(14-6-3)15-20-24-19(16-28-20)21(26)23-13-5-2/h9-12,16H,4-8,13-15H2,1-3H3,(H,23,26). The number of rotatable bonds is 11. The van der Waals surface area contributed by atoms with Crippen LogP contribution >= 0.6 is 0 Å². The Morgan fingerprint density at radius 2 is 1.82 bits per heavy atom. The Morgan fingerprint density at radius 1 is 1.07 bits per heavy atom. The number of nitrogens with zero attached hydrogens (tertiary/aromatic N) is 2. The number of oxazole rings is 1. The summed E-state index contributed by atoms with van der Waals surface area (Å²) < 4.78 is 5.43. The van der Waals surface area contributed by atoms with E-state index < -0.39 is 0 Å². The van der Waals surface area contributed by atoms with Crippen molar-refractivity contribution >= 4 is 11.8 Å². The molecule has 0 saturated carbocycles. The summed E-state index contributed by atoms with van der Waals surface area (Å²) in [5.74, 6) is 0.0509. The number of amides is 2. The zero-order valence-electron chi connectivity index (χ0n) is 17.2. The maximum Gasteiger partial charge on any atom is 0.273 e. The Balaban J connectivity index is 2.05. The second-order valence-electron chi connectivity index (χ2n) is 6.91. The van der Waals surface area contributed by atoms with Crippen molar-refractivity contribution in [3.8, 4) is 0 Å². The van der Waals surface area contributed by atoms with Crippen LogP contribution in [0.4, 0.5) is 0 Å². The van der Waals surface area contributed by atoms with Crippen LogP contribution in [0.5, 0.6) is 0 Å². The molecule has 0 aliphatic rings. The van der Waals surface area contributed by atoms with Crippen LogP contribution in [0.25, 0.3) is 0 Å². The monoisotopic (exact) mass is 385 g/mol. The first-order valence-electron chi connectivity index (χ1n) is 10.2. The SMILES string of the molecule is CCCCc1ccc(C(=O)N(CCC)Cc2nc(C(=O)NCCC)co2)cc1. The zero-order valence-corrected chi connectivity index (χ0v) is 17.2. The summed E-state index contributed by atoms with van der Waals surface area (Å²) in [6.07, 6.45) is 6.35. The fourth-order valence-corrected chi connectivity index (χ4v) is 2.88. The lowest BCUT2D eigenvalue weighted by Crippen LogP contribution is -2.31. The van der Waals surface area contributed by atoms with Crippen LogP contribution in [0.15, 0.2) is 34.9 Å². The summed E-state index contributed by atoms with van der Waals surface area (Å²) in [7, 11) is 0. The van der Waals surface area contributed by atoms with Crippen LogP contribution in [0.3, 0.4) is 0 Å². The number of aromatic nitrogens is 1. The van der Waals surface area contributed by atoms with Gasteiger partial charge >= 0.3 is 0 Å². The Bertz CT molecular complexity index is 753. The topological polar surface area (TPSA) is 75.4 Å². The average Bonchev–Trinajstić information content (AvgIpc) is 3.18. The van der Waals surface area contributed by atoms with Gasteiger partial charge in [-0.2, -0.15) is 0 Å². The van der Waals surface area contributed by atoms with E-state index in [1.165, 1.54) is 11.8 Å². The highest BCUT2D eigenvalue weighted by atomic mass is 16.3. The van der Waals surface area contributed by atoms with E-state index in [0.717, 1.165) is 32.1 Å². The van der Waals surface area contributed by atoms with E-state index in [9.17, 15) is 9.59 Å². The third kappa shape index (κ3) is 6.22. The second kappa shape index (κ2) is 11.3. The number of hydrogen-bond donors (Lipinski definition) is 1. The fourth-order valence-electron chi connectivity index (χ4n) is 2.88. The highest BCUT2D eigenvalue weighted by Gasteiger charge is 2.19. The Kier molecular flexibility index (Phi) is 8.72. The lowest BCUT2D eigenvalue weighted by molar-refractivity contribution is 0.0728. The molecule has 0 aliphatic carbocycles. The van der Waals surface area contributed by atoms with Crippen molar-refractivity contribution in [3.05, 3.63) is 53.2 Å². The molecule has 2 amide bonds. The van der Waals surface area contributed by atoms with Gasteiger partial charge < -0.3 is 14.6 Å². The lowest BCUT2D eigenvalue weighted by atomic mass is 10.1. The molecule has 1 heterocycles. The van der Waals surface area contributed by atoms with Crippen molar-refractivity contribution in [2.75, 3.05) is 13.1 Å². The fraction of sp³-hybridized carbons (Fsp3) is 0.500. The molecule has 0 spiro atoms. The van der Waals surface area contributed by atoms with Crippen LogP contribution in [0.2, 0.25) is 0 Å². The lowest BCUT2D eigenvalue weighted by Gasteiger charge is -2.20. The van der Waals surface area contributed by atoms with E-state index in [2.05, 4.69) is 17.2 Å². The molecule has 0 radical (unpaired) electrons. The molecule has 1 aromatic carbocycles. The maximum absolute atomic E-state index is 12.9. The molecule has 0 saturated heterocycles. The van der Waals surface area contributed by atoms with Gasteiger partial charge in [0, 0.05) is 18.7 Å². The first-order valence-corrected chi connectivity index (χ1v) is 10.2. The number of carbonyl (C=O) groups is 2. The Morgan fingerprint density at radius 3 is 2.46 bits per heavy atom. The zero-order chi connectivity index (χ0) is 20.4.